The van der Waals surface area contributed by atoms with Gasteiger partial charge in [-0.15, -0.1) is 0 Å². The Labute approximate surface area is 128 Å². The van der Waals surface area contributed by atoms with Gasteiger partial charge in [0.05, 0.1) is 29.8 Å². The lowest BCUT2D eigenvalue weighted by Gasteiger charge is -2.14. The van der Waals surface area contributed by atoms with Gasteiger partial charge in [0.2, 0.25) is 0 Å². The fourth-order valence-electron chi connectivity index (χ4n) is 2.41. The van der Waals surface area contributed by atoms with Gasteiger partial charge < -0.3 is 9.88 Å². The Bertz CT molecular complexity index is 764. The Hall–Kier alpha value is -2.07. The molecule has 5 heteroatoms. The summed E-state index contributed by atoms with van der Waals surface area (Å²) in [5, 5.41) is 5.15. The lowest BCUT2D eigenvalue weighted by molar-refractivity contribution is 0.577. The fourth-order valence-corrected chi connectivity index (χ4v) is 2.64. The number of nitrogens with one attached hydrogen (secondary N) is 1. The molecule has 21 heavy (non-hydrogen) atoms. The summed E-state index contributed by atoms with van der Waals surface area (Å²) in [6, 6.07) is 8.15. The van der Waals surface area contributed by atoms with Gasteiger partial charge in [0.15, 0.2) is 0 Å². The smallest absolute Gasteiger partial charge is 0.0951 e. The lowest BCUT2D eigenvalue weighted by atomic mass is 10.2. The molecule has 0 saturated heterocycles. The molecular formula is C16H17ClN4. The summed E-state index contributed by atoms with van der Waals surface area (Å²) in [6.07, 6.45) is 5.53. The van der Waals surface area contributed by atoms with Crippen LogP contribution in [0.3, 0.4) is 0 Å². The summed E-state index contributed by atoms with van der Waals surface area (Å²) in [5.74, 6) is 0. The molecule has 1 aromatic carbocycles. The minimum atomic E-state index is 0.388. The number of pyridine rings is 1. The topological polar surface area (TPSA) is 42.7 Å². The Kier molecular flexibility index (Phi) is 3.80. The number of imidazole rings is 1. The lowest BCUT2D eigenvalue weighted by Crippen LogP contribution is -2.09. The highest BCUT2D eigenvalue weighted by Crippen LogP contribution is 2.26. The van der Waals surface area contributed by atoms with Crippen LogP contribution in [0.4, 0.5) is 5.69 Å². The molecular weight excluding hydrogens is 284 g/mol. The first kappa shape index (κ1) is 13.9. The third kappa shape index (κ3) is 2.85. The monoisotopic (exact) mass is 300 g/mol. The van der Waals surface area contributed by atoms with Crippen molar-refractivity contribution in [3.05, 3.63) is 53.7 Å². The molecule has 1 N–H and O–H groups in total. The number of anilines is 1. The van der Waals surface area contributed by atoms with E-state index in [0.29, 0.717) is 17.6 Å². The van der Waals surface area contributed by atoms with E-state index in [9.17, 15) is 0 Å². The minimum Gasteiger partial charge on any atom is -0.378 e. The molecule has 0 aliphatic carbocycles. The zero-order chi connectivity index (χ0) is 14.8. The molecule has 0 fully saturated rings. The maximum Gasteiger partial charge on any atom is 0.0951 e. The molecule has 0 bridgehead atoms. The van der Waals surface area contributed by atoms with Gasteiger partial charge in [0.25, 0.3) is 0 Å². The van der Waals surface area contributed by atoms with Gasteiger partial charge in [-0.2, -0.15) is 0 Å². The Morgan fingerprint density at radius 3 is 3.00 bits per heavy atom. The predicted molar refractivity (Wildman–Crippen MR) is 86.7 cm³/mol. The van der Waals surface area contributed by atoms with Crippen LogP contribution in [0.2, 0.25) is 5.02 Å². The first-order chi connectivity index (χ1) is 10.1. The van der Waals surface area contributed by atoms with E-state index in [0.717, 1.165) is 22.3 Å². The van der Waals surface area contributed by atoms with E-state index >= 15 is 0 Å². The quantitative estimate of drug-likeness (QED) is 0.782. The van der Waals surface area contributed by atoms with Gasteiger partial charge in [0, 0.05) is 28.8 Å². The van der Waals surface area contributed by atoms with Crippen LogP contribution in [-0.4, -0.2) is 14.5 Å². The molecule has 108 valence electrons. The third-order valence-electron chi connectivity index (χ3n) is 3.43. The van der Waals surface area contributed by atoms with E-state index in [1.54, 1.807) is 6.20 Å². The van der Waals surface area contributed by atoms with Gasteiger partial charge in [-0.1, -0.05) is 17.7 Å². The summed E-state index contributed by atoms with van der Waals surface area (Å²) in [7, 11) is 0. The molecule has 3 rings (SSSR count). The van der Waals surface area contributed by atoms with Crippen LogP contribution >= 0.6 is 11.6 Å². The average molecular weight is 301 g/mol. The molecule has 0 unspecified atom stereocenters. The van der Waals surface area contributed by atoms with Crippen molar-refractivity contribution in [3.63, 3.8) is 0 Å². The van der Waals surface area contributed by atoms with Crippen molar-refractivity contribution in [2.45, 2.75) is 26.4 Å². The van der Waals surface area contributed by atoms with Crippen LogP contribution in [-0.2, 0) is 6.54 Å². The number of benzene rings is 1. The molecule has 0 amide bonds. The van der Waals surface area contributed by atoms with Gasteiger partial charge >= 0.3 is 0 Å². The van der Waals surface area contributed by atoms with Crippen molar-refractivity contribution in [1.82, 2.24) is 14.5 Å². The van der Waals surface area contributed by atoms with Crippen molar-refractivity contribution in [2.24, 2.45) is 0 Å². The first-order valence-corrected chi connectivity index (χ1v) is 7.32. The van der Waals surface area contributed by atoms with Gasteiger partial charge in [-0.05, 0) is 32.0 Å². The predicted octanol–water partition coefficient (Wildman–Crippen LogP) is 4.28. The van der Waals surface area contributed by atoms with Crippen LogP contribution in [0, 0.1) is 0 Å². The van der Waals surface area contributed by atoms with Gasteiger partial charge in [-0.3, -0.25) is 4.98 Å². The average Bonchev–Trinajstić information content (AvgIpc) is 2.93. The second-order valence-electron chi connectivity index (χ2n) is 5.27. The van der Waals surface area contributed by atoms with Crippen LogP contribution in [0.25, 0.3) is 10.9 Å². The van der Waals surface area contributed by atoms with E-state index in [-0.39, 0.29) is 0 Å². The Morgan fingerprint density at radius 1 is 1.33 bits per heavy atom. The number of rotatable bonds is 4. The van der Waals surface area contributed by atoms with Crippen LogP contribution in [0.5, 0.6) is 0 Å². The zero-order valence-electron chi connectivity index (χ0n) is 12.0. The summed E-state index contributed by atoms with van der Waals surface area (Å²) < 4.78 is 2.15. The summed E-state index contributed by atoms with van der Waals surface area (Å²) in [5.41, 5.74) is 3.00. The van der Waals surface area contributed by atoms with E-state index < -0.39 is 0 Å². The summed E-state index contributed by atoms with van der Waals surface area (Å²) in [6.45, 7) is 4.97. The van der Waals surface area contributed by atoms with Crippen LogP contribution < -0.4 is 5.32 Å². The van der Waals surface area contributed by atoms with E-state index in [4.69, 9.17) is 11.6 Å². The van der Waals surface area contributed by atoms with Crippen molar-refractivity contribution < 1.29 is 0 Å². The highest BCUT2D eigenvalue weighted by Gasteiger charge is 2.08. The third-order valence-corrected chi connectivity index (χ3v) is 3.65. The van der Waals surface area contributed by atoms with Crippen LogP contribution in [0.15, 0.2) is 43.0 Å². The molecule has 3 aromatic rings. The Morgan fingerprint density at radius 2 is 2.19 bits per heavy atom. The summed E-state index contributed by atoms with van der Waals surface area (Å²) >= 11 is 6.18. The Balaban J connectivity index is 1.90. The molecule has 0 aliphatic rings. The maximum absolute atomic E-state index is 6.18. The van der Waals surface area contributed by atoms with Crippen molar-refractivity contribution in [2.75, 3.05) is 5.32 Å². The van der Waals surface area contributed by atoms with Crippen LogP contribution in [0.1, 0.15) is 25.6 Å². The maximum atomic E-state index is 6.18. The number of fused-ring (bicyclic) bond motifs is 1. The number of hydrogen-bond acceptors (Lipinski definition) is 3. The first-order valence-electron chi connectivity index (χ1n) is 6.94. The number of halogens is 1. The van der Waals surface area contributed by atoms with Crippen molar-refractivity contribution >= 4 is 28.2 Å². The fraction of sp³-hybridized carbons (Fsp3) is 0.250. The summed E-state index contributed by atoms with van der Waals surface area (Å²) in [4.78, 5) is 8.65. The second-order valence-corrected chi connectivity index (χ2v) is 5.70. The highest BCUT2D eigenvalue weighted by atomic mass is 35.5. The molecule has 4 nitrogen and oxygen atoms in total. The molecule has 0 saturated carbocycles. The number of hydrogen-bond donors (Lipinski definition) is 1. The number of aromatic nitrogens is 3. The normalized spacial score (nSPS) is 11.2. The molecule has 2 aromatic heterocycles. The van der Waals surface area contributed by atoms with E-state index in [1.165, 1.54) is 0 Å². The largest absolute Gasteiger partial charge is 0.378 e. The standard InChI is InChI=1S/C16H17ClN4/c1-11(2)21-10-18-8-14(21)9-20-15-7-13(17)6-12-4-3-5-19-16(12)15/h3-8,10-11,20H,9H2,1-2H3. The molecule has 0 spiro atoms. The zero-order valence-corrected chi connectivity index (χ0v) is 12.8. The number of nitrogens with zero attached hydrogens (tertiary/aromatic N) is 3. The second kappa shape index (κ2) is 5.74. The van der Waals surface area contributed by atoms with E-state index in [2.05, 4.69) is 33.7 Å². The highest BCUT2D eigenvalue weighted by molar-refractivity contribution is 6.31. The molecule has 0 aliphatic heterocycles. The molecule has 0 atom stereocenters. The SMILES string of the molecule is CC(C)n1cncc1CNc1cc(Cl)cc2cccnc12. The molecule has 2 heterocycles. The van der Waals surface area contributed by atoms with Gasteiger partial charge in [0.1, 0.15) is 0 Å². The molecule has 0 radical (unpaired) electrons. The van der Waals surface area contributed by atoms with Gasteiger partial charge in [-0.25, -0.2) is 4.98 Å². The van der Waals surface area contributed by atoms with E-state index in [1.807, 2.05) is 36.8 Å². The van der Waals surface area contributed by atoms with Crippen molar-refractivity contribution in [3.8, 4) is 0 Å². The minimum absolute atomic E-state index is 0.388. The van der Waals surface area contributed by atoms with Crippen molar-refractivity contribution in [1.29, 1.82) is 0 Å².